The first-order valence-corrected chi connectivity index (χ1v) is 5.65. The second-order valence-corrected chi connectivity index (χ2v) is 4.46. The van der Waals surface area contributed by atoms with Crippen molar-refractivity contribution in [1.29, 1.82) is 0 Å². The topological polar surface area (TPSA) is 72.8 Å². The normalized spacial score (nSPS) is 14.5. The molecule has 0 bridgehead atoms. The summed E-state index contributed by atoms with van der Waals surface area (Å²) in [5, 5.41) is 9.03. The molecule has 0 saturated heterocycles. The maximum absolute atomic E-state index is 11.0. The summed E-state index contributed by atoms with van der Waals surface area (Å²) in [6.07, 6.45) is 0.646. The van der Waals surface area contributed by atoms with Crippen LogP contribution < -0.4 is 9.47 Å². The van der Waals surface area contributed by atoms with Crippen molar-refractivity contribution in [2.75, 3.05) is 6.79 Å². The fourth-order valence-corrected chi connectivity index (χ4v) is 2.47. The number of halogens is 1. The zero-order valence-corrected chi connectivity index (χ0v) is 10.5. The molecule has 90 valence electrons. The minimum Gasteiger partial charge on any atom is -0.481 e. The fraction of sp³-hybridized carbons (Fsp3) is 0.273. The van der Waals surface area contributed by atoms with Crippen LogP contribution in [-0.4, -0.2) is 24.2 Å². The summed E-state index contributed by atoms with van der Waals surface area (Å²) in [6, 6.07) is 1.54. The Morgan fingerprint density at radius 2 is 2.18 bits per heavy atom. The van der Waals surface area contributed by atoms with E-state index in [1.807, 2.05) is 0 Å². The summed E-state index contributed by atoms with van der Waals surface area (Å²) < 4.78 is 11.0. The van der Waals surface area contributed by atoms with E-state index in [0.29, 0.717) is 33.4 Å². The minimum absolute atomic E-state index is 0.00797. The Balaban J connectivity index is 2.65. The summed E-state index contributed by atoms with van der Waals surface area (Å²) in [4.78, 5) is 21.9. The maximum atomic E-state index is 11.0. The van der Waals surface area contributed by atoms with E-state index in [1.54, 1.807) is 6.92 Å². The number of rotatable bonds is 3. The zero-order valence-electron chi connectivity index (χ0n) is 8.90. The number of aliphatic carboxylic acids is 1. The monoisotopic (exact) mass is 300 g/mol. The maximum Gasteiger partial charge on any atom is 0.310 e. The molecule has 2 rings (SSSR count). The molecule has 0 spiro atoms. The van der Waals surface area contributed by atoms with E-state index in [2.05, 4.69) is 15.9 Å². The van der Waals surface area contributed by atoms with E-state index >= 15 is 0 Å². The lowest BCUT2D eigenvalue weighted by Crippen LogP contribution is -2.09. The Morgan fingerprint density at radius 3 is 2.76 bits per heavy atom. The number of carbonyl (C=O) groups excluding carboxylic acids is 1. The quantitative estimate of drug-likeness (QED) is 0.866. The van der Waals surface area contributed by atoms with Crippen LogP contribution in [0.5, 0.6) is 11.5 Å². The van der Waals surface area contributed by atoms with Crippen LogP contribution in [0.3, 0.4) is 0 Å². The Labute approximate surface area is 105 Å². The van der Waals surface area contributed by atoms with E-state index in [4.69, 9.17) is 14.6 Å². The summed E-state index contributed by atoms with van der Waals surface area (Å²) in [6.45, 7) is 1.54. The third kappa shape index (κ3) is 1.88. The Hall–Kier alpha value is -1.56. The molecular weight excluding hydrogens is 292 g/mol. The van der Waals surface area contributed by atoms with Gasteiger partial charge in [0.25, 0.3) is 0 Å². The average molecular weight is 301 g/mol. The third-order valence-electron chi connectivity index (χ3n) is 2.59. The van der Waals surface area contributed by atoms with E-state index in [1.165, 1.54) is 6.07 Å². The van der Waals surface area contributed by atoms with Crippen molar-refractivity contribution in [2.45, 2.75) is 12.8 Å². The molecule has 17 heavy (non-hydrogen) atoms. The molecule has 1 N–H and O–H groups in total. The lowest BCUT2D eigenvalue weighted by atomic mass is 9.98. The number of benzene rings is 1. The van der Waals surface area contributed by atoms with Crippen LogP contribution in [-0.2, 0) is 4.79 Å². The van der Waals surface area contributed by atoms with Crippen molar-refractivity contribution < 1.29 is 24.2 Å². The van der Waals surface area contributed by atoms with Crippen LogP contribution in [0.4, 0.5) is 0 Å². The molecule has 0 saturated carbocycles. The molecular formula is C11H9BrO5. The van der Waals surface area contributed by atoms with Crippen molar-refractivity contribution in [2.24, 2.45) is 0 Å². The lowest BCUT2D eigenvalue weighted by molar-refractivity contribution is -0.138. The highest BCUT2D eigenvalue weighted by Gasteiger charge is 2.29. The molecule has 1 aromatic rings. The highest BCUT2D eigenvalue weighted by molar-refractivity contribution is 9.10. The van der Waals surface area contributed by atoms with Crippen LogP contribution >= 0.6 is 15.9 Å². The second-order valence-electron chi connectivity index (χ2n) is 3.60. The van der Waals surface area contributed by atoms with Gasteiger partial charge in [-0.25, -0.2) is 0 Å². The van der Waals surface area contributed by atoms with Crippen LogP contribution in [0.1, 0.15) is 28.8 Å². The standard InChI is InChI=1S/C11H9BrO5/c1-5(11(14)15)8-7(12)2-6(3-13)9-10(8)17-4-16-9/h2-3,5H,4H2,1H3,(H,14,15). The van der Waals surface area contributed by atoms with Gasteiger partial charge in [-0.05, 0) is 13.0 Å². The van der Waals surface area contributed by atoms with Crippen molar-refractivity contribution in [3.63, 3.8) is 0 Å². The van der Waals surface area contributed by atoms with Gasteiger partial charge in [0.2, 0.25) is 6.79 Å². The van der Waals surface area contributed by atoms with E-state index in [9.17, 15) is 9.59 Å². The first-order chi connectivity index (χ1) is 8.06. The van der Waals surface area contributed by atoms with Gasteiger partial charge in [-0.2, -0.15) is 0 Å². The van der Waals surface area contributed by atoms with Gasteiger partial charge >= 0.3 is 5.97 Å². The van der Waals surface area contributed by atoms with Gasteiger partial charge in [-0.1, -0.05) is 15.9 Å². The third-order valence-corrected chi connectivity index (χ3v) is 3.25. The predicted molar refractivity (Wildman–Crippen MR) is 61.7 cm³/mol. The van der Waals surface area contributed by atoms with Gasteiger partial charge in [0, 0.05) is 10.0 Å². The number of hydrogen-bond acceptors (Lipinski definition) is 4. The van der Waals surface area contributed by atoms with Gasteiger partial charge in [-0.15, -0.1) is 0 Å². The van der Waals surface area contributed by atoms with Crippen molar-refractivity contribution >= 4 is 28.2 Å². The van der Waals surface area contributed by atoms with E-state index in [-0.39, 0.29) is 6.79 Å². The molecule has 1 atom stereocenters. The number of ether oxygens (including phenoxy) is 2. The van der Waals surface area contributed by atoms with Crippen molar-refractivity contribution in [1.82, 2.24) is 0 Å². The van der Waals surface area contributed by atoms with Crippen molar-refractivity contribution in [3.8, 4) is 11.5 Å². The molecule has 0 fully saturated rings. The summed E-state index contributed by atoms with van der Waals surface area (Å²) in [7, 11) is 0. The van der Waals surface area contributed by atoms with Crippen LogP contribution in [0.15, 0.2) is 10.5 Å². The van der Waals surface area contributed by atoms with Gasteiger partial charge < -0.3 is 14.6 Å². The van der Waals surface area contributed by atoms with Crippen LogP contribution in [0.2, 0.25) is 0 Å². The molecule has 5 nitrogen and oxygen atoms in total. The summed E-state index contributed by atoms with van der Waals surface area (Å²) in [5.41, 5.74) is 0.821. The Bertz CT molecular complexity index is 497. The van der Waals surface area contributed by atoms with Crippen LogP contribution in [0, 0.1) is 0 Å². The van der Waals surface area contributed by atoms with E-state index in [0.717, 1.165) is 0 Å². The smallest absolute Gasteiger partial charge is 0.310 e. The van der Waals surface area contributed by atoms with Crippen molar-refractivity contribution in [3.05, 3.63) is 21.7 Å². The molecule has 0 aliphatic carbocycles. The summed E-state index contributed by atoms with van der Waals surface area (Å²) >= 11 is 3.25. The number of carboxylic acid groups (broad SMARTS) is 1. The second kappa shape index (κ2) is 4.37. The first kappa shape index (κ1) is 11.9. The number of aldehydes is 1. The highest BCUT2D eigenvalue weighted by Crippen LogP contribution is 2.45. The zero-order chi connectivity index (χ0) is 12.6. The molecule has 6 heteroatoms. The lowest BCUT2D eigenvalue weighted by Gasteiger charge is -2.13. The molecule has 1 aromatic carbocycles. The predicted octanol–water partition coefficient (Wildman–Crippen LogP) is 2.18. The first-order valence-electron chi connectivity index (χ1n) is 4.86. The van der Waals surface area contributed by atoms with Gasteiger partial charge in [0.15, 0.2) is 17.8 Å². The summed E-state index contributed by atoms with van der Waals surface area (Å²) in [5.74, 6) is -1.08. The largest absolute Gasteiger partial charge is 0.481 e. The molecule has 0 amide bonds. The minimum atomic E-state index is -0.970. The fourth-order valence-electron chi connectivity index (χ4n) is 1.70. The SMILES string of the molecule is CC(C(=O)O)c1c(Br)cc(C=O)c2c1OCO2. The molecule has 1 aliphatic rings. The molecule has 0 aromatic heterocycles. The Morgan fingerprint density at radius 1 is 1.53 bits per heavy atom. The van der Waals surface area contributed by atoms with Gasteiger partial charge in [-0.3, -0.25) is 9.59 Å². The molecule has 1 aliphatic heterocycles. The Kier molecular flexibility index (Phi) is 3.06. The molecule has 1 heterocycles. The number of fused-ring (bicyclic) bond motifs is 1. The van der Waals surface area contributed by atoms with Gasteiger partial charge in [0.1, 0.15) is 0 Å². The number of carboxylic acids is 1. The number of carbonyl (C=O) groups is 2. The number of hydrogen-bond donors (Lipinski definition) is 1. The van der Waals surface area contributed by atoms with Gasteiger partial charge in [0.05, 0.1) is 11.5 Å². The highest BCUT2D eigenvalue weighted by atomic mass is 79.9. The van der Waals surface area contributed by atoms with E-state index < -0.39 is 11.9 Å². The van der Waals surface area contributed by atoms with Crippen LogP contribution in [0.25, 0.3) is 0 Å². The molecule has 0 radical (unpaired) electrons. The molecule has 1 unspecified atom stereocenters. The average Bonchev–Trinajstić information content (AvgIpc) is 2.75.